The lowest BCUT2D eigenvalue weighted by Gasteiger charge is -2.32. The van der Waals surface area contributed by atoms with Gasteiger partial charge in [0.2, 0.25) is 0 Å². The van der Waals surface area contributed by atoms with Gasteiger partial charge in [0.15, 0.2) is 0 Å². The van der Waals surface area contributed by atoms with Gasteiger partial charge in [-0.25, -0.2) is 0 Å². The number of amides is 1. The minimum Gasteiger partial charge on any atom is -0.339 e. The fraction of sp³-hybridized carbons (Fsp3) is 0.562. The monoisotopic (exact) mass is 360 g/mol. The minimum atomic E-state index is 0.0176. The van der Waals surface area contributed by atoms with Crippen molar-refractivity contribution >= 4 is 40.9 Å². The van der Waals surface area contributed by atoms with Crippen LogP contribution in [0, 0.1) is 5.92 Å². The lowest BCUT2D eigenvalue weighted by molar-refractivity contribution is 0.0687. The van der Waals surface area contributed by atoms with E-state index in [1.807, 2.05) is 24.3 Å². The third-order valence-corrected chi connectivity index (χ3v) is 5.69. The van der Waals surface area contributed by atoms with Crippen molar-refractivity contribution in [3.8, 4) is 0 Å². The molecule has 1 saturated heterocycles. The molecule has 6 heteroatoms. The van der Waals surface area contributed by atoms with E-state index in [0.717, 1.165) is 37.4 Å². The van der Waals surface area contributed by atoms with Crippen LogP contribution in [0.2, 0.25) is 10.0 Å². The third-order valence-electron chi connectivity index (χ3n) is 4.18. The number of piperidine rings is 1. The van der Waals surface area contributed by atoms with Crippen LogP contribution < -0.4 is 5.32 Å². The summed E-state index contributed by atoms with van der Waals surface area (Å²) in [6, 6.07) is 3.48. The van der Waals surface area contributed by atoms with Crippen molar-refractivity contribution in [2.45, 2.75) is 24.2 Å². The van der Waals surface area contributed by atoms with Crippen LogP contribution in [0.5, 0.6) is 0 Å². The molecule has 1 aromatic carbocycles. The first kappa shape index (κ1) is 17.9. The number of rotatable bonds is 5. The van der Waals surface area contributed by atoms with Crippen molar-refractivity contribution in [1.82, 2.24) is 10.2 Å². The van der Waals surface area contributed by atoms with Gasteiger partial charge < -0.3 is 10.2 Å². The van der Waals surface area contributed by atoms with Crippen molar-refractivity contribution in [2.24, 2.45) is 5.92 Å². The smallest absolute Gasteiger partial charge is 0.255 e. The van der Waals surface area contributed by atoms with E-state index >= 15 is 0 Å². The molecule has 0 spiro atoms. The van der Waals surface area contributed by atoms with Gasteiger partial charge in [0, 0.05) is 18.0 Å². The molecule has 1 aliphatic rings. The molecular weight excluding hydrogens is 339 g/mol. The van der Waals surface area contributed by atoms with E-state index < -0.39 is 0 Å². The zero-order valence-electron chi connectivity index (χ0n) is 13.0. The fourth-order valence-corrected chi connectivity index (χ4v) is 3.98. The van der Waals surface area contributed by atoms with Gasteiger partial charge in [0.1, 0.15) is 0 Å². The normalized spacial score (nSPS) is 16.1. The van der Waals surface area contributed by atoms with Gasteiger partial charge in [-0.2, -0.15) is 0 Å². The Morgan fingerprint density at radius 3 is 2.59 bits per heavy atom. The average molecular weight is 361 g/mol. The second-order valence-corrected chi connectivity index (χ2v) is 7.26. The average Bonchev–Trinajstić information content (AvgIpc) is 2.53. The number of likely N-dealkylation sites (tertiary alicyclic amines) is 1. The molecule has 1 aliphatic heterocycles. The van der Waals surface area contributed by atoms with E-state index in [4.69, 9.17) is 23.2 Å². The van der Waals surface area contributed by atoms with E-state index in [0.29, 0.717) is 21.5 Å². The van der Waals surface area contributed by atoms with Crippen LogP contribution in [-0.2, 0) is 0 Å². The number of halogens is 2. The molecule has 3 nitrogen and oxygen atoms in total. The first-order valence-electron chi connectivity index (χ1n) is 7.53. The number of hydrogen-bond donors (Lipinski definition) is 1. The van der Waals surface area contributed by atoms with Crippen LogP contribution in [-0.4, -0.2) is 43.7 Å². The van der Waals surface area contributed by atoms with E-state index in [9.17, 15) is 4.79 Å². The second kappa shape index (κ2) is 8.44. The molecule has 1 amide bonds. The number of nitrogens with zero attached hydrogens (tertiary/aromatic N) is 1. The molecule has 0 atom stereocenters. The Kier molecular flexibility index (Phi) is 6.87. The van der Waals surface area contributed by atoms with Crippen LogP contribution >= 0.6 is 35.0 Å². The number of carbonyl (C=O) groups excluding carboxylic acids is 1. The molecule has 122 valence electrons. The highest BCUT2D eigenvalue weighted by Crippen LogP contribution is 2.32. The molecule has 1 N–H and O–H groups in total. The van der Waals surface area contributed by atoms with Crippen LogP contribution in [0.15, 0.2) is 17.0 Å². The maximum absolute atomic E-state index is 12.7. The highest BCUT2D eigenvalue weighted by molar-refractivity contribution is 7.98. The number of benzene rings is 1. The molecule has 0 aliphatic carbocycles. The first-order valence-corrected chi connectivity index (χ1v) is 9.51. The molecule has 0 aromatic heterocycles. The summed E-state index contributed by atoms with van der Waals surface area (Å²) in [7, 11) is 1.98. The molecule has 1 heterocycles. The van der Waals surface area contributed by atoms with Gasteiger partial charge >= 0.3 is 0 Å². The molecule has 1 aromatic rings. The van der Waals surface area contributed by atoms with Crippen molar-refractivity contribution in [3.63, 3.8) is 0 Å². The van der Waals surface area contributed by atoms with Crippen molar-refractivity contribution in [2.75, 3.05) is 32.9 Å². The van der Waals surface area contributed by atoms with Gasteiger partial charge in [0.25, 0.3) is 5.91 Å². The topological polar surface area (TPSA) is 32.3 Å². The number of thioether (sulfide) groups is 1. The van der Waals surface area contributed by atoms with E-state index in [-0.39, 0.29) is 5.91 Å². The van der Waals surface area contributed by atoms with Crippen LogP contribution in [0.25, 0.3) is 0 Å². The van der Waals surface area contributed by atoms with Crippen molar-refractivity contribution in [1.29, 1.82) is 0 Å². The minimum absolute atomic E-state index is 0.0176. The summed E-state index contributed by atoms with van der Waals surface area (Å²) < 4.78 is 0. The van der Waals surface area contributed by atoms with Gasteiger partial charge in [-0.1, -0.05) is 23.2 Å². The number of carbonyl (C=O) groups is 1. The van der Waals surface area contributed by atoms with E-state index in [1.165, 1.54) is 18.2 Å². The predicted molar refractivity (Wildman–Crippen MR) is 95.4 cm³/mol. The lowest BCUT2D eigenvalue weighted by atomic mass is 9.93. The SMILES string of the molecule is CNCCC1CCN(C(=O)c2cc(SC)c(Cl)cc2Cl)CC1. The Morgan fingerprint density at radius 2 is 2.00 bits per heavy atom. The number of nitrogens with one attached hydrogen (secondary N) is 1. The van der Waals surface area contributed by atoms with E-state index in [1.54, 1.807) is 6.07 Å². The maximum atomic E-state index is 12.7. The molecule has 0 bridgehead atoms. The van der Waals surface area contributed by atoms with Gasteiger partial charge in [-0.15, -0.1) is 11.8 Å². The van der Waals surface area contributed by atoms with Gasteiger partial charge in [-0.3, -0.25) is 4.79 Å². The highest BCUT2D eigenvalue weighted by atomic mass is 35.5. The van der Waals surface area contributed by atoms with Crippen LogP contribution in [0.3, 0.4) is 0 Å². The summed E-state index contributed by atoms with van der Waals surface area (Å²) in [5.74, 6) is 0.725. The predicted octanol–water partition coefficient (Wildman–Crippen LogP) is 4.18. The zero-order chi connectivity index (χ0) is 16.1. The van der Waals surface area contributed by atoms with Crippen LogP contribution in [0.4, 0.5) is 0 Å². The number of hydrogen-bond acceptors (Lipinski definition) is 3. The standard InChI is InChI=1S/C16H22Cl2N2OS/c1-19-6-3-11-4-7-20(8-5-11)16(21)12-9-15(22-2)14(18)10-13(12)17/h9-11,19H,3-8H2,1-2H3. The molecular formula is C16H22Cl2N2OS. The molecule has 0 unspecified atom stereocenters. The zero-order valence-corrected chi connectivity index (χ0v) is 15.3. The molecule has 22 heavy (non-hydrogen) atoms. The maximum Gasteiger partial charge on any atom is 0.255 e. The Labute approximate surface area is 146 Å². The summed E-state index contributed by atoms with van der Waals surface area (Å²) in [6.07, 6.45) is 5.25. The van der Waals surface area contributed by atoms with Crippen molar-refractivity contribution < 1.29 is 4.79 Å². The first-order chi connectivity index (χ1) is 10.6. The van der Waals surface area contributed by atoms with Gasteiger partial charge in [-0.05, 0) is 57.2 Å². The quantitative estimate of drug-likeness (QED) is 0.799. The van der Waals surface area contributed by atoms with E-state index in [2.05, 4.69) is 5.32 Å². The Morgan fingerprint density at radius 1 is 1.32 bits per heavy atom. The van der Waals surface area contributed by atoms with Gasteiger partial charge in [0.05, 0.1) is 15.6 Å². The van der Waals surface area contributed by atoms with Crippen LogP contribution in [0.1, 0.15) is 29.6 Å². The summed E-state index contributed by atoms with van der Waals surface area (Å²) in [6.45, 7) is 2.65. The summed E-state index contributed by atoms with van der Waals surface area (Å²) >= 11 is 13.9. The Hall–Kier alpha value is -0.420. The summed E-state index contributed by atoms with van der Waals surface area (Å²) in [5.41, 5.74) is 0.559. The second-order valence-electron chi connectivity index (χ2n) is 5.59. The Balaban J connectivity index is 2.04. The highest BCUT2D eigenvalue weighted by Gasteiger charge is 2.25. The fourth-order valence-electron chi connectivity index (χ4n) is 2.79. The summed E-state index contributed by atoms with van der Waals surface area (Å²) in [4.78, 5) is 15.5. The third kappa shape index (κ3) is 4.31. The molecule has 0 saturated carbocycles. The van der Waals surface area contributed by atoms with Crippen molar-refractivity contribution in [3.05, 3.63) is 27.7 Å². The molecule has 2 rings (SSSR count). The molecule has 1 fully saturated rings. The largest absolute Gasteiger partial charge is 0.339 e. The Bertz CT molecular complexity index is 531. The molecule has 0 radical (unpaired) electrons. The lowest BCUT2D eigenvalue weighted by Crippen LogP contribution is -2.39. The summed E-state index contributed by atoms with van der Waals surface area (Å²) in [5, 5.41) is 4.22.